The van der Waals surface area contributed by atoms with Gasteiger partial charge in [0, 0.05) is 6.54 Å². The van der Waals surface area contributed by atoms with E-state index in [1.807, 2.05) is 42.5 Å². The number of anilines is 1. The zero-order valence-corrected chi connectivity index (χ0v) is 22.1. The summed E-state index contributed by atoms with van der Waals surface area (Å²) in [4.78, 5) is 20.7. The largest absolute Gasteiger partial charge is 0.282 e. The van der Waals surface area contributed by atoms with Crippen molar-refractivity contribution in [2.45, 2.75) is 49.4 Å². The van der Waals surface area contributed by atoms with Crippen molar-refractivity contribution >= 4 is 54.0 Å². The third-order valence-electron chi connectivity index (χ3n) is 6.29. The number of carbonyl (C=O) groups is 1. The van der Waals surface area contributed by atoms with Crippen LogP contribution in [0.2, 0.25) is 0 Å². The van der Waals surface area contributed by atoms with E-state index in [1.165, 1.54) is 27.0 Å². The van der Waals surface area contributed by atoms with Crippen molar-refractivity contribution in [1.29, 1.82) is 0 Å². The SMILES string of the molecule is CC(C)c1cccc2sc(N(Cc3ccccc3)C(=O)C3CCCN3S(=O)(=O)c3cccs3)nc12. The van der Waals surface area contributed by atoms with E-state index in [9.17, 15) is 13.2 Å². The van der Waals surface area contributed by atoms with Crippen molar-refractivity contribution in [2.75, 3.05) is 11.4 Å². The van der Waals surface area contributed by atoms with E-state index < -0.39 is 16.1 Å². The molecule has 1 fully saturated rings. The van der Waals surface area contributed by atoms with Crippen molar-refractivity contribution in [3.8, 4) is 0 Å². The summed E-state index contributed by atoms with van der Waals surface area (Å²) in [6, 6.07) is 18.5. The first kappa shape index (κ1) is 24.1. The van der Waals surface area contributed by atoms with Crippen LogP contribution in [0.3, 0.4) is 0 Å². The maximum atomic E-state index is 14.1. The molecular weight excluding hydrogens is 499 g/mol. The van der Waals surface area contributed by atoms with Crippen molar-refractivity contribution < 1.29 is 13.2 Å². The number of aromatic nitrogens is 1. The third-order valence-corrected chi connectivity index (χ3v) is 10.6. The molecule has 1 unspecified atom stereocenters. The number of thiazole rings is 1. The molecular formula is C26H27N3O3S3. The summed E-state index contributed by atoms with van der Waals surface area (Å²) in [5.74, 6) is 0.0739. The van der Waals surface area contributed by atoms with E-state index in [4.69, 9.17) is 4.98 Å². The summed E-state index contributed by atoms with van der Waals surface area (Å²) in [5.41, 5.74) is 3.01. The van der Waals surface area contributed by atoms with Crippen molar-refractivity contribution in [1.82, 2.24) is 9.29 Å². The van der Waals surface area contributed by atoms with Crippen LogP contribution in [0, 0.1) is 0 Å². The summed E-state index contributed by atoms with van der Waals surface area (Å²) in [7, 11) is -3.73. The molecule has 1 atom stereocenters. The van der Waals surface area contributed by atoms with Gasteiger partial charge >= 0.3 is 0 Å². The number of benzene rings is 2. The number of rotatable bonds is 7. The Bertz CT molecular complexity index is 1430. The van der Waals surface area contributed by atoms with Crippen LogP contribution >= 0.6 is 22.7 Å². The fourth-order valence-corrected chi connectivity index (χ4v) is 8.30. The molecule has 6 nitrogen and oxygen atoms in total. The highest BCUT2D eigenvalue weighted by molar-refractivity contribution is 7.91. The normalized spacial score (nSPS) is 16.8. The third kappa shape index (κ3) is 4.65. The van der Waals surface area contributed by atoms with Gasteiger partial charge in [-0.3, -0.25) is 9.69 Å². The Hall–Kier alpha value is -2.59. The molecule has 5 rings (SSSR count). The Morgan fingerprint density at radius 2 is 1.91 bits per heavy atom. The molecule has 0 spiro atoms. The molecule has 4 aromatic rings. The fourth-order valence-electron chi connectivity index (χ4n) is 4.53. The van der Waals surface area contributed by atoms with Gasteiger partial charge in [-0.15, -0.1) is 11.3 Å². The number of sulfonamides is 1. The zero-order valence-electron chi connectivity index (χ0n) is 19.6. The van der Waals surface area contributed by atoms with Gasteiger partial charge in [-0.05, 0) is 47.4 Å². The summed E-state index contributed by atoms with van der Waals surface area (Å²) in [5, 5.41) is 2.34. The van der Waals surface area contributed by atoms with E-state index in [0.29, 0.717) is 37.0 Å². The molecule has 3 heterocycles. The van der Waals surface area contributed by atoms with Crippen LogP contribution in [0.1, 0.15) is 43.7 Å². The second kappa shape index (κ2) is 9.81. The first-order chi connectivity index (χ1) is 16.9. The Labute approximate surface area is 213 Å². The average molecular weight is 526 g/mol. The number of hydrogen-bond acceptors (Lipinski definition) is 6. The fraction of sp³-hybridized carbons (Fsp3) is 0.308. The van der Waals surface area contributed by atoms with Gasteiger partial charge in [0.15, 0.2) is 5.13 Å². The van der Waals surface area contributed by atoms with Crippen LogP contribution in [0.15, 0.2) is 70.3 Å². The van der Waals surface area contributed by atoms with Gasteiger partial charge in [0.2, 0.25) is 5.91 Å². The van der Waals surface area contributed by atoms with E-state index in [-0.39, 0.29) is 10.1 Å². The van der Waals surface area contributed by atoms with Gasteiger partial charge in [-0.2, -0.15) is 4.31 Å². The van der Waals surface area contributed by atoms with Gasteiger partial charge in [0.05, 0.1) is 16.8 Å². The lowest BCUT2D eigenvalue weighted by atomic mass is 10.0. The Balaban J connectivity index is 1.55. The predicted molar refractivity (Wildman–Crippen MR) is 143 cm³/mol. The molecule has 0 saturated carbocycles. The molecule has 182 valence electrons. The number of amides is 1. The van der Waals surface area contributed by atoms with Crippen LogP contribution in [0.25, 0.3) is 10.2 Å². The number of para-hydroxylation sites is 1. The Morgan fingerprint density at radius 1 is 1.11 bits per heavy atom. The second-order valence-electron chi connectivity index (χ2n) is 8.96. The number of carbonyl (C=O) groups excluding carboxylic acids is 1. The molecule has 2 aromatic carbocycles. The lowest BCUT2D eigenvalue weighted by Gasteiger charge is -2.28. The number of hydrogen-bond donors (Lipinski definition) is 0. The second-order valence-corrected chi connectivity index (χ2v) is 13.0. The van der Waals surface area contributed by atoms with E-state index >= 15 is 0 Å². The van der Waals surface area contributed by atoms with Crippen LogP contribution in [-0.2, 0) is 21.4 Å². The number of fused-ring (bicyclic) bond motifs is 1. The van der Waals surface area contributed by atoms with Crippen LogP contribution < -0.4 is 4.90 Å². The standard InChI is InChI=1S/C26H27N3O3S3/c1-18(2)20-11-6-13-22-24(20)27-26(34-22)28(17-19-9-4-3-5-10-19)25(30)21-12-7-15-29(21)35(31,32)23-14-8-16-33-23/h3-6,8-11,13-14,16,18,21H,7,12,15,17H2,1-2H3. The van der Waals surface area contributed by atoms with Crippen LogP contribution in [0.5, 0.6) is 0 Å². The monoisotopic (exact) mass is 525 g/mol. The summed E-state index contributed by atoms with van der Waals surface area (Å²) < 4.78 is 29.4. The summed E-state index contributed by atoms with van der Waals surface area (Å²) >= 11 is 2.66. The molecule has 9 heteroatoms. The minimum atomic E-state index is -3.73. The van der Waals surface area contributed by atoms with Gasteiger partial charge in [0.1, 0.15) is 10.3 Å². The maximum absolute atomic E-state index is 14.1. The van der Waals surface area contributed by atoms with E-state index in [1.54, 1.807) is 22.4 Å². The molecule has 0 N–H and O–H groups in total. The molecule has 0 bridgehead atoms. The molecule has 1 aliphatic heterocycles. The summed E-state index contributed by atoms with van der Waals surface area (Å²) in [6.07, 6.45) is 1.15. The van der Waals surface area contributed by atoms with Crippen LogP contribution in [0.4, 0.5) is 5.13 Å². The minimum absolute atomic E-state index is 0.225. The maximum Gasteiger partial charge on any atom is 0.253 e. The molecule has 1 saturated heterocycles. The van der Waals surface area contributed by atoms with Crippen molar-refractivity contribution in [3.63, 3.8) is 0 Å². The predicted octanol–water partition coefficient (Wildman–Crippen LogP) is 5.87. The lowest BCUT2D eigenvalue weighted by molar-refractivity contribution is -0.121. The highest BCUT2D eigenvalue weighted by Gasteiger charge is 2.42. The Morgan fingerprint density at radius 3 is 2.63 bits per heavy atom. The minimum Gasteiger partial charge on any atom is -0.282 e. The van der Waals surface area contributed by atoms with Gasteiger partial charge in [-0.25, -0.2) is 13.4 Å². The van der Waals surface area contributed by atoms with Gasteiger partial charge in [0.25, 0.3) is 10.0 Å². The summed E-state index contributed by atoms with van der Waals surface area (Å²) in [6.45, 7) is 4.94. The first-order valence-corrected chi connectivity index (χ1v) is 14.8. The topological polar surface area (TPSA) is 70.6 Å². The van der Waals surface area contributed by atoms with Crippen LogP contribution in [-0.4, -0.2) is 36.2 Å². The quantitative estimate of drug-likeness (QED) is 0.303. The lowest BCUT2D eigenvalue weighted by Crippen LogP contribution is -2.47. The van der Waals surface area contributed by atoms with E-state index in [2.05, 4.69) is 19.9 Å². The van der Waals surface area contributed by atoms with Gasteiger partial charge < -0.3 is 0 Å². The molecule has 1 amide bonds. The van der Waals surface area contributed by atoms with Crippen molar-refractivity contribution in [3.05, 3.63) is 77.2 Å². The molecule has 1 aliphatic rings. The number of thiophene rings is 1. The molecule has 35 heavy (non-hydrogen) atoms. The zero-order chi connectivity index (χ0) is 24.6. The number of nitrogens with zero attached hydrogens (tertiary/aromatic N) is 3. The molecule has 2 aromatic heterocycles. The first-order valence-electron chi connectivity index (χ1n) is 11.7. The molecule has 0 aliphatic carbocycles. The molecule has 0 radical (unpaired) electrons. The average Bonchev–Trinajstić information content (AvgIpc) is 3.62. The Kier molecular flexibility index (Phi) is 6.76. The smallest absolute Gasteiger partial charge is 0.253 e. The van der Waals surface area contributed by atoms with E-state index in [0.717, 1.165) is 21.3 Å². The highest BCUT2D eigenvalue weighted by atomic mass is 32.2. The van der Waals surface area contributed by atoms with Crippen molar-refractivity contribution in [2.24, 2.45) is 0 Å². The van der Waals surface area contributed by atoms with Gasteiger partial charge in [-0.1, -0.05) is 73.7 Å². The highest BCUT2D eigenvalue weighted by Crippen LogP contribution is 2.36.